The highest BCUT2D eigenvalue weighted by molar-refractivity contribution is 5.85. The number of carbonyl (C=O) groups excluding carboxylic acids is 1. The lowest BCUT2D eigenvalue weighted by Crippen LogP contribution is -2.44. The second-order valence-electron chi connectivity index (χ2n) is 6.24. The molecule has 0 aliphatic carbocycles. The molecule has 2 heterocycles. The van der Waals surface area contributed by atoms with Gasteiger partial charge in [0.15, 0.2) is 11.5 Å². The zero-order chi connectivity index (χ0) is 19.5. The van der Waals surface area contributed by atoms with E-state index in [9.17, 15) is 9.59 Å². The van der Waals surface area contributed by atoms with Gasteiger partial charge in [-0.15, -0.1) is 6.42 Å². The van der Waals surface area contributed by atoms with Crippen LogP contribution < -0.4 is 20.3 Å². The normalized spacial score (nSPS) is 15.0. The van der Waals surface area contributed by atoms with E-state index in [1.54, 1.807) is 30.3 Å². The monoisotopic (exact) mass is 375 g/mol. The molecule has 7 nitrogen and oxygen atoms in total. The number of rotatable bonds is 4. The van der Waals surface area contributed by atoms with Crippen LogP contribution in [0.15, 0.2) is 53.3 Å². The number of nitrogens with zero attached hydrogens (tertiary/aromatic N) is 2. The molecule has 1 amide bonds. The van der Waals surface area contributed by atoms with Crippen LogP contribution in [0.2, 0.25) is 0 Å². The molecule has 1 aliphatic rings. The quantitative estimate of drug-likeness (QED) is 0.699. The summed E-state index contributed by atoms with van der Waals surface area (Å²) in [6, 6.07) is 14.3. The average molecular weight is 375 g/mol. The number of hydrogen-bond acceptors (Lipinski definition) is 5. The molecule has 0 fully saturated rings. The Morgan fingerprint density at radius 1 is 1.18 bits per heavy atom. The van der Waals surface area contributed by atoms with E-state index in [1.165, 1.54) is 4.68 Å². The first-order valence-electron chi connectivity index (χ1n) is 8.76. The van der Waals surface area contributed by atoms with Gasteiger partial charge in [-0.1, -0.05) is 36.3 Å². The first-order chi connectivity index (χ1) is 13.7. The van der Waals surface area contributed by atoms with Crippen molar-refractivity contribution in [2.45, 2.75) is 19.2 Å². The van der Waals surface area contributed by atoms with Crippen molar-refractivity contribution in [3.8, 4) is 23.8 Å². The summed E-state index contributed by atoms with van der Waals surface area (Å²) in [7, 11) is 0. The van der Waals surface area contributed by atoms with Crippen molar-refractivity contribution in [3.63, 3.8) is 0 Å². The molecular weight excluding hydrogens is 358 g/mol. The standard InChI is InChI=1S/C21H17N3O4/c1-2-11-24-21(26)15-8-4-3-7-14(15)16(23-24)12-22-20(25)19-13-27-17-9-5-6-10-18(17)28-19/h1,3-10,19H,11-13H2,(H,22,25). The fourth-order valence-corrected chi connectivity index (χ4v) is 3.06. The molecule has 1 aliphatic heterocycles. The molecule has 2 aromatic carbocycles. The van der Waals surface area contributed by atoms with E-state index >= 15 is 0 Å². The van der Waals surface area contributed by atoms with E-state index < -0.39 is 6.10 Å². The topological polar surface area (TPSA) is 82.5 Å². The Labute approximate surface area is 160 Å². The van der Waals surface area contributed by atoms with E-state index in [2.05, 4.69) is 16.3 Å². The largest absolute Gasteiger partial charge is 0.485 e. The summed E-state index contributed by atoms with van der Waals surface area (Å²) in [5.41, 5.74) is 0.292. The second-order valence-corrected chi connectivity index (χ2v) is 6.24. The lowest BCUT2D eigenvalue weighted by molar-refractivity contribution is -0.130. The van der Waals surface area contributed by atoms with E-state index in [0.29, 0.717) is 28.0 Å². The summed E-state index contributed by atoms with van der Waals surface area (Å²) < 4.78 is 12.5. The van der Waals surface area contributed by atoms with E-state index in [-0.39, 0.29) is 31.2 Å². The van der Waals surface area contributed by atoms with Crippen molar-refractivity contribution in [2.24, 2.45) is 0 Å². The van der Waals surface area contributed by atoms with Crippen LogP contribution in [-0.2, 0) is 17.9 Å². The first-order valence-corrected chi connectivity index (χ1v) is 8.76. The molecule has 1 atom stereocenters. The molecule has 1 N–H and O–H groups in total. The highest BCUT2D eigenvalue weighted by Gasteiger charge is 2.27. The van der Waals surface area contributed by atoms with Crippen LogP contribution >= 0.6 is 0 Å². The molecule has 1 unspecified atom stereocenters. The maximum atomic E-state index is 12.6. The first kappa shape index (κ1) is 17.6. The fourth-order valence-electron chi connectivity index (χ4n) is 3.06. The Morgan fingerprint density at radius 3 is 2.68 bits per heavy atom. The number of ether oxygens (including phenoxy) is 2. The summed E-state index contributed by atoms with van der Waals surface area (Å²) in [6.07, 6.45) is 4.57. The number of nitrogens with one attached hydrogen (secondary N) is 1. The maximum Gasteiger partial charge on any atom is 0.275 e. The molecule has 4 rings (SSSR count). The number of carbonyl (C=O) groups is 1. The third kappa shape index (κ3) is 3.28. The summed E-state index contributed by atoms with van der Waals surface area (Å²) in [5.74, 6) is 3.23. The van der Waals surface area contributed by atoms with Crippen LogP contribution in [0.4, 0.5) is 0 Å². The average Bonchev–Trinajstić information content (AvgIpc) is 2.74. The molecule has 0 spiro atoms. The molecule has 140 valence electrons. The molecule has 0 saturated carbocycles. The third-order valence-corrected chi connectivity index (χ3v) is 4.42. The summed E-state index contributed by atoms with van der Waals surface area (Å²) in [5, 5.41) is 8.30. The minimum absolute atomic E-state index is 0.0565. The van der Waals surface area contributed by atoms with Gasteiger partial charge >= 0.3 is 0 Å². The molecule has 1 aromatic heterocycles. The van der Waals surface area contributed by atoms with Crippen LogP contribution in [0.3, 0.4) is 0 Å². The predicted molar refractivity (Wildman–Crippen MR) is 103 cm³/mol. The van der Waals surface area contributed by atoms with Crippen LogP contribution in [0.1, 0.15) is 5.69 Å². The van der Waals surface area contributed by atoms with Gasteiger partial charge in [-0.3, -0.25) is 9.59 Å². The summed E-state index contributed by atoms with van der Waals surface area (Å²) >= 11 is 0. The molecule has 0 bridgehead atoms. The van der Waals surface area contributed by atoms with Crippen LogP contribution in [0, 0.1) is 12.3 Å². The highest BCUT2D eigenvalue weighted by Crippen LogP contribution is 2.30. The Bertz CT molecular complexity index is 1150. The molecule has 28 heavy (non-hydrogen) atoms. The van der Waals surface area contributed by atoms with Crippen LogP contribution in [0.25, 0.3) is 10.8 Å². The molecule has 7 heteroatoms. The third-order valence-electron chi connectivity index (χ3n) is 4.42. The van der Waals surface area contributed by atoms with Crippen molar-refractivity contribution in [2.75, 3.05) is 6.61 Å². The van der Waals surface area contributed by atoms with Crippen molar-refractivity contribution >= 4 is 16.7 Å². The van der Waals surface area contributed by atoms with Crippen molar-refractivity contribution < 1.29 is 14.3 Å². The number of benzene rings is 2. The van der Waals surface area contributed by atoms with E-state index in [4.69, 9.17) is 15.9 Å². The van der Waals surface area contributed by atoms with E-state index in [0.717, 1.165) is 0 Å². The minimum Gasteiger partial charge on any atom is -0.485 e. The minimum atomic E-state index is -0.766. The Morgan fingerprint density at radius 2 is 1.89 bits per heavy atom. The van der Waals surface area contributed by atoms with Gasteiger partial charge in [0.25, 0.3) is 11.5 Å². The van der Waals surface area contributed by atoms with E-state index in [1.807, 2.05) is 18.2 Å². The zero-order valence-corrected chi connectivity index (χ0v) is 14.9. The van der Waals surface area contributed by atoms with Gasteiger partial charge in [0.2, 0.25) is 6.10 Å². The van der Waals surface area contributed by atoms with Crippen LogP contribution in [0.5, 0.6) is 11.5 Å². The Balaban J connectivity index is 1.54. The number of para-hydroxylation sites is 2. The van der Waals surface area contributed by atoms with Gasteiger partial charge in [0.05, 0.1) is 17.6 Å². The summed E-state index contributed by atoms with van der Waals surface area (Å²) in [4.78, 5) is 25.0. The van der Waals surface area contributed by atoms with Gasteiger partial charge in [-0.05, 0) is 18.2 Å². The second kappa shape index (κ2) is 7.45. The number of terminal acetylenes is 1. The van der Waals surface area contributed by atoms with Crippen molar-refractivity contribution in [3.05, 3.63) is 64.6 Å². The summed E-state index contributed by atoms with van der Waals surface area (Å²) in [6.45, 7) is 0.306. The Kier molecular flexibility index (Phi) is 4.68. The molecule has 3 aromatic rings. The Hall–Kier alpha value is -3.79. The van der Waals surface area contributed by atoms with Crippen molar-refractivity contribution in [1.82, 2.24) is 15.1 Å². The van der Waals surface area contributed by atoms with Gasteiger partial charge in [0.1, 0.15) is 13.2 Å². The lowest BCUT2D eigenvalue weighted by atomic mass is 10.1. The number of amides is 1. The number of hydrogen-bond donors (Lipinski definition) is 1. The smallest absolute Gasteiger partial charge is 0.275 e. The highest BCUT2D eigenvalue weighted by atomic mass is 16.6. The van der Waals surface area contributed by atoms with Gasteiger partial charge < -0.3 is 14.8 Å². The molecule has 0 radical (unpaired) electrons. The van der Waals surface area contributed by atoms with Gasteiger partial charge in [-0.2, -0.15) is 5.10 Å². The maximum absolute atomic E-state index is 12.6. The lowest BCUT2D eigenvalue weighted by Gasteiger charge is -2.25. The van der Waals surface area contributed by atoms with Gasteiger partial charge in [0, 0.05) is 5.39 Å². The van der Waals surface area contributed by atoms with Gasteiger partial charge in [-0.25, -0.2) is 4.68 Å². The fraction of sp³-hybridized carbons (Fsp3) is 0.190. The van der Waals surface area contributed by atoms with Crippen molar-refractivity contribution in [1.29, 1.82) is 0 Å². The number of fused-ring (bicyclic) bond motifs is 2. The SMILES string of the molecule is C#CCn1nc(CNC(=O)C2COc3ccccc3O2)c2ccccc2c1=O. The van der Waals surface area contributed by atoms with Crippen LogP contribution in [-0.4, -0.2) is 28.4 Å². The molecular formula is C21H17N3O4. The zero-order valence-electron chi connectivity index (χ0n) is 14.9. The predicted octanol–water partition coefficient (Wildman–Crippen LogP) is 1.49. The molecule has 0 saturated heterocycles. The number of aromatic nitrogens is 2.